The molecule has 1 aliphatic heterocycles. The molecule has 0 radical (unpaired) electrons. The summed E-state index contributed by atoms with van der Waals surface area (Å²) in [5.74, 6) is 1.16. The highest BCUT2D eigenvalue weighted by atomic mass is 16.6. The summed E-state index contributed by atoms with van der Waals surface area (Å²) in [5.41, 5.74) is 1.55. The predicted molar refractivity (Wildman–Crippen MR) is 111 cm³/mol. The Hall–Kier alpha value is -2.16. The molecule has 7 nitrogen and oxygen atoms in total. The molecular formula is C23H30O7. The number of hydrogen-bond donors (Lipinski definition) is 1. The van der Waals surface area contributed by atoms with Gasteiger partial charge in [-0.1, -0.05) is 36.4 Å². The highest BCUT2D eigenvalue weighted by Crippen LogP contribution is 2.32. The molecule has 2 aromatic carbocycles. The number of ether oxygens (including phenoxy) is 6. The number of aliphatic hydroxyl groups is 1. The Morgan fingerprint density at radius 1 is 0.533 bits per heavy atom. The maximum absolute atomic E-state index is 10.7. The van der Waals surface area contributed by atoms with Crippen LogP contribution in [0.3, 0.4) is 0 Å². The van der Waals surface area contributed by atoms with Gasteiger partial charge in [-0.25, -0.2) is 0 Å². The van der Waals surface area contributed by atoms with Crippen molar-refractivity contribution >= 4 is 0 Å². The number of hydrogen-bond acceptors (Lipinski definition) is 7. The molecular weight excluding hydrogens is 388 g/mol. The fourth-order valence-electron chi connectivity index (χ4n) is 2.94. The lowest BCUT2D eigenvalue weighted by Gasteiger charge is -2.17. The van der Waals surface area contributed by atoms with Crippen molar-refractivity contribution in [2.24, 2.45) is 0 Å². The van der Waals surface area contributed by atoms with Crippen LogP contribution in [0.5, 0.6) is 11.5 Å². The van der Waals surface area contributed by atoms with E-state index in [0.29, 0.717) is 77.6 Å². The number of rotatable bonds is 2. The maximum Gasteiger partial charge on any atom is 0.161 e. The van der Waals surface area contributed by atoms with Crippen molar-refractivity contribution in [3.8, 4) is 11.5 Å². The third-order valence-electron chi connectivity index (χ3n) is 4.49. The number of fused-ring (bicyclic) bond motifs is 1. The van der Waals surface area contributed by atoms with Crippen molar-refractivity contribution in [3.05, 3.63) is 59.7 Å². The largest absolute Gasteiger partial charge is 0.487 e. The fourth-order valence-corrected chi connectivity index (χ4v) is 2.94. The van der Waals surface area contributed by atoms with Gasteiger partial charge in [-0.15, -0.1) is 0 Å². The molecule has 0 amide bonds. The Kier molecular flexibility index (Phi) is 9.91. The second-order valence-corrected chi connectivity index (χ2v) is 6.67. The number of aliphatic hydroxyl groups excluding tert-OH is 1. The first-order chi connectivity index (χ1) is 14.8. The van der Waals surface area contributed by atoms with E-state index in [2.05, 4.69) is 0 Å². The van der Waals surface area contributed by atoms with Crippen LogP contribution in [0.2, 0.25) is 0 Å². The first kappa shape index (κ1) is 22.5. The van der Waals surface area contributed by atoms with Gasteiger partial charge in [0.2, 0.25) is 0 Å². The topological polar surface area (TPSA) is 75.6 Å². The van der Waals surface area contributed by atoms with E-state index in [1.165, 1.54) is 0 Å². The molecule has 0 bridgehead atoms. The zero-order valence-corrected chi connectivity index (χ0v) is 17.2. The summed E-state index contributed by atoms with van der Waals surface area (Å²) in [6.07, 6.45) is -0.745. The average Bonchev–Trinajstić information content (AvgIpc) is 2.79. The molecule has 0 aromatic heterocycles. The predicted octanol–water partition coefficient (Wildman–Crippen LogP) is 2.61. The van der Waals surface area contributed by atoms with Gasteiger partial charge in [0.05, 0.1) is 52.9 Å². The quantitative estimate of drug-likeness (QED) is 0.803. The third kappa shape index (κ3) is 7.59. The Morgan fingerprint density at radius 3 is 1.60 bits per heavy atom. The molecule has 1 aliphatic rings. The molecule has 2 aromatic rings. The van der Waals surface area contributed by atoms with Crippen molar-refractivity contribution < 1.29 is 33.5 Å². The van der Waals surface area contributed by atoms with E-state index in [1.54, 1.807) is 0 Å². The van der Waals surface area contributed by atoms with Crippen LogP contribution in [0.25, 0.3) is 0 Å². The molecule has 0 saturated carbocycles. The molecule has 0 spiro atoms. The Balaban J connectivity index is 1.65. The molecule has 0 fully saturated rings. The standard InChI is InChI=1S/C23H30O7/c24-23(19-4-2-1-3-5-19)20-6-7-21-22(18-20)30-17-15-28-13-11-26-9-8-25-10-12-27-14-16-29-21/h1-7,18,23-24H,8-17H2/t23-/m1/s1. The average molecular weight is 418 g/mol. The van der Waals surface area contributed by atoms with E-state index in [0.717, 1.165) is 11.1 Å². The molecule has 1 heterocycles. The van der Waals surface area contributed by atoms with Crippen LogP contribution in [0.15, 0.2) is 48.5 Å². The maximum atomic E-state index is 10.7. The van der Waals surface area contributed by atoms with Gasteiger partial charge in [-0.05, 0) is 23.3 Å². The molecule has 7 heteroatoms. The molecule has 164 valence electrons. The minimum atomic E-state index is -0.745. The number of benzene rings is 2. The Bertz CT molecular complexity index is 723. The van der Waals surface area contributed by atoms with Gasteiger partial charge in [0.15, 0.2) is 11.5 Å². The van der Waals surface area contributed by atoms with E-state index in [4.69, 9.17) is 28.4 Å². The Labute approximate surface area is 177 Å². The minimum absolute atomic E-state index is 0.362. The molecule has 30 heavy (non-hydrogen) atoms. The molecule has 3 rings (SSSR count). The van der Waals surface area contributed by atoms with Crippen molar-refractivity contribution in [2.45, 2.75) is 6.10 Å². The summed E-state index contributed by atoms with van der Waals surface area (Å²) in [6.45, 7) is 4.69. The van der Waals surface area contributed by atoms with Crippen molar-refractivity contribution in [1.82, 2.24) is 0 Å². The van der Waals surface area contributed by atoms with Gasteiger partial charge in [-0.3, -0.25) is 0 Å². The lowest BCUT2D eigenvalue weighted by atomic mass is 10.0. The summed E-state index contributed by atoms with van der Waals surface area (Å²) in [6, 6.07) is 15.0. The van der Waals surface area contributed by atoms with Gasteiger partial charge < -0.3 is 33.5 Å². The van der Waals surface area contributed by atoms with Crippen molar-refractivity contribution in [2.75, 3.05) is 66.1 Å². The van der Waals surface area contributed by atoms with Crippen molar-refractivity contribution in [1.29, 1.82) is 0 Å². The van der Waals surface area contributed by atoms with Crippen LogP contribution >= 0.6 is 0 Å². The smallest absolute Gasteiger partial charge is 0.161 e. The first-order valence-electron chi connectivity index (χ1n) is 10.3. The van der Waals surface area contributed by atoms with E-state index in [1.807, 2.05) is 48.5 Å². The second kappa shape index (κ2) is 13.2. The van der Waals surface area contributed by atoms with Crippen LogP contribution in [-0.2, 0) is 18.9 Å². The van der Waals surface area contributed by atoms with Crippen LogP contribution in [0, 0.1) is 0 Å². The highest BCUT2D eigenvalue weighted by Gasteiger charge is 2.14. The molecule has 1 N–H and O–H groups in total. The van der Waals surface area contributed by atoms with Crippen LogP contribution in [0.4, 0.5) is 0 Å². The van der Waals surface area contributed by atoms with Gasteiger partial charge >= 0.3 is 0 Å². The van der Waals surface area contributed by atoms with E-state index in [9.17, 15) is 5.11 Å². The zero-order chi connectivity index (χ0) is 20.9. The zero-order valence-electron chi connectivity index (χ0n) is 17.2. The molecule has 0 unspecified atom stereocenters. The van der Waals surface area contributed by atoms with Gasteiger partial charge in [-0.2, -0.15) is 0 Å². The lowest BCUT2D eigenvalue weighted by Crippen LogP contribution is -2.16. The molecule has 0 aliphatic carbocycles. The fraction of sp³-hybridized carbons (Fsp3) is 0.478. The van der Waals surface area contributed by atoms with E-state index >= 15 is 0 Å². The van der Waals surface area contributed by atoms with Gasteiger partial charge in [0.1, 0.15) is 19.3 Å². The van der Waals surface area contributed by atoms with E-state index < -0.39 is 6.10 Å². The highest BCUT2D eigenvalue weighted by molar-refractivity contribution is 5.45. The SMILES string of the molecule is O[C@H](c1ccccc1)c1ccc2c(c1)OCCOCCOCCOCCOCCO2. The van der Waals surface area contributed by atoms with Crippen LogP contribution < -0.4 is 9.47 Å². The summed E-state index contributed by atoms with van der Waals surface area (Å²) in [5, 5.41) is 10.7. The Morgan fingerprint density at radius 2 is 1.03 bits per heavy atom. The monoisotopic (exact) mass is 418 g/mol. The normalized spacial score (nSPS) is 18.7. The summed E-state index contributed by atoms with van der Waals surface area (Å²) in [7, 11) is 0. The molecule has 1 atom stereocenters. The van der Waals surface area contributed by atoms with Gasteiger partial charge in [0.25, 0.3) is 0 Å². The van der Waals surface area contributed by atoms with Gasteiger partial charge in [0, 0.05) is 0 Å². The van der Waals surface area contributed by atoms with Crippen LogP contribution in [0.1, 0.15) is 17.2 Å². The lowest BCUT2D eigenvalue weighted by molar-refractivity contribution is -0.00842. The van der Waals surface area contributed by atoms with E-state index in [-0.39, 0.29) is 0 Å². The first-order valence-corrected chi connectivity index (χ1v) is 10.3. The second-order valence-electron chi connectivity index (χ2n) is 6.67. The van der Waals surface area contributed by atoms with Crippen LogP contribution in [-0.4, -0.2) is 71.2 Å². The summed E-state index contributed by atoms with van der Waals surface area (Å²) < 4.78 is 33.7. The third-order valence-corrected chi connectivity index (χ3v) is 4.49. The summed E-state index contributed by atoms with van der Waals surface area (Å²) in [4.78, 5) is 0. The summed E-state index contributed by atoms with van der Waals surface area (Å²) >= 11 is 0. The molecule has 0 saturated heterocycles. The van der Waals surface area contributed by atoms with Crippen molar-refractivity contribution in [3.63, 3.8) is 0 Å². The minimum Gasteiger partial charge on any atom is -0.487 e.